The van der Waals surface area contributed by atoms with E-state index in [0.717, 1.165) is 16.9 Å². The van der Waals surface area contributed by atoms with Crippen LogP contribution in [0.5, 0.6) is 5.75 Å². The van der Waals surface area contributed by atoms with Crippen molar-refractivity contribution >= 4 is 17.3 Å². The maximum absolute atomic E-state index is 5.97. The van der Waals surface area contributed by atoms with Gasteiger partial charge in [0, 0.05) is 18.0 Å². The number of aryl methyl sites for hydroxylation is 1. The summed E-state index contributed by atoms with van der Waals surface area (Å²) in [5.74, 6) is 0.665. The molecule has 0 atom stereocenters. The molecule has 18 heavy (non-hydrogen) atoms. The minimum atomic E-state index is 0.608. The van der Waals surface area contributed by atoms with Gasteiger partial charge in [-0.05, 0) is 30.7 Å². The summed E-state index contributed by atoms with van der Waals surface area (Å²) in [7, 11) is 1.60. The second kappa shape index (κ2) is 5.74. The first kappa shape index (κ1) is 12.7. The predicted octanol–water partition coefficient (Wildman–Crippen LogP) is 3.66. The number of hydrogen-bond donors (Lipinski definition) is 1. The largest absolute Gasteiger partial charge is 0.495 e. The Balaban J connectivity index is 2.04. The molecule has 0 saturated heterocycles. The molecule has 1 heterocycles. The monoisotopic (exact) mass is 262 g/mol. The number of anilines is 1. The van der Waals surface area contributed by atoms with Crippen LogP contribution in [0.4, 0.5) is 5.69 Å². The summed E-state index contributed by atoms with van der Waals surface area (Å²) in [6.45, 7) is 2.69. The number of benzene rings is 1. The second-order valence-electron chi connectivity index (χ2n) is 4.03. The first-order chi connectivity index (χ1) is 8.69. The van der Waals surface area contributed by atoms with E-state index in [1.165, 1.54) is 0 Å². The van der Waals surface area contributed by atoms with Crippen LogP contribution in [-0.2, 0) is 6.54 Å². The van der Waals surface area contributed by atoms with Gasteiger partial charge in [0.2, 0.25) is 0 Å². The topological polar surface area (TPSA) is 34.1 Å². The molecule has 0 unspecified atom stereocenters. The molecule has 0 aliphatic rings. The summed E-state index contributed by atoms with van der Waals surface area (Å²) < 4.78 is 5.17. The molecule has 0 amide bonds. The molecule has 0 radical (unpaired) electrons. The molecule has 1 N–H and O–H groups in total. The summed E-state index contributed by atoms with van der Waals surface area (Å²) in [5, 5.41) is 3.89. The van der Waals surface area contributed by atoms with E-state index in [0.29, 0.717) is 17.3 Å². The normalized spacial score (nSPS) is 10.2. The Morgan fingerprint density at radius 3 is 2.78 bits per heavy atom. The van der Waals surface area contributed by atoms with Gasteiger partial charge in [-0.25, -0.2) is 0 Å². The summed E-state index contributed by atoms with van der Waals surface area (Å²) in [5.41, 5.74) is 3.11. The molecule has 1 aromatic carbocycles. The van der Waals surface area contributed by atoms with Crippen LogP contribution >= 0.6 is 11.6 Å². The van der Waals surface area contributed by atoms with Gasteiger partial charge in [0.05, 0.1) is 24.4 Å². The molecule has 0 aliphatic carbocycles. The zero-order valence-electron chi connectivity index (χ0n) is 10.4. The quantitative estimate of drug-likeness (QED) is 0.913. The average Bonchev–Trinajstić information content (AvgIpc) is 2.39. The van der Waals surface area contributed by atoms with Crippen molar-refractivity contribution in [2.45, 2.75) is 13.5 Å². The van der Waals surface area contributed by atoms with Gasteiger partial charge in [0.25, 0.3) is 0 Å². The Kier molecular flexibility index (Phi) is 4.05. The van der Waals surface area contributed by atoms with E-state index in [1.54, 1.807) is 7.11 Å². The number of nitrogens with one attached hydrogen (secondary N) is 1. The van der Waals surface area contributed by atoms with Crippen LogP contribution in [0.1, 0.15) is 11.3 Å². The fourth-order valence-corrected chi connectivity index (χ4v) is 1.76. The standard InChI is InChI=1S/C14H15ClN2O/c1-10-3-4-12(16-8-10)9-17-11-5-6-13(15)14(7-11)18-2/h3-8,17H,9H2,1-2H3. The van der Waals surface area contributed by atoms with E-state index in [2.05, 4.69) is 10.3 Å². The minimum Gasteiger partial charge on any atom is -0.495 e. The number of pyridine rings is 1. The van der Waals surface area contributed by atoms with Crippen molar-refractivity contribution in [2.24, 2.45) is 0 Å². The number of methoxy groups -OCH3 is 1. The van der Waals surface area contributed by atoms with E-state index in [-0.39, 0.29) is 0 Å². The molecular formula is C14H15ClN2O. The van der Waals surface area contributed by atoms with E-state index < -0.39 is 0 Å². The number of halogens is 1. The maximum Gasteiger partial charge on any atom is 0.139 e. The number of aromatic nitrogens is 1. The van der Waals surface area contributed by atoms with E-state index >= 15 is 0 Å². The smallest absolute Gasteiger partial charge is 0.139 e. The van der Waals surface area contributed by atoms with E-state index in [1.807, 2.05) is 43.5 Å². The second-order valence-corrected chi connectivity index (χ2v) is 4.44. The summed E-state index contributed by atoms with van der Waals surface area (Å²) in [6.07, 6.45) is 1.86. The number of hydrogen-bond acceptors (Lipinski definition) is 3. The van der Waals surface area contributed by atoms with Crippen LogP contribution in [0.2, 0.25) is 5.02 Å². The van der Waals surface area contributed by atoms with E-state index in [4.69, 9.17) is 16.3 Å². The molecule has 0 aliphatic heterocycles. The van der Waals surface area contributed by atoms with Gasteiger partial charge in [-0.1, -0.05) is 17.7 Å². The highest BCUT2D eigenvalue weighted by Gasteiger charge is 2.02. The lowest BCUT2D eigenvalue weighted by Gasteiger charge is -2.09. The van der Waals surface area contributed by atoms with Crippen molar-refractivity contribution in [3.63, 3.8) is 0 Å². The molecule has 0 spiro atoms. The van der Waals surface area contributed by atoms with Crippen LogP contribution < -0.4 is 10.1 Å². The van der Waals surface area contributed by atoms with Crippen LogP contribution in [0.3, 0.4) is 0 Å². The first-order valence-corrected chi connectivity index (χ1v) is 6.06. The van der Waals surface area contributed by atoms with Crippen molar-refractivity contribution in [1.29, 1.82) is 0 Å². The molecule has 2 aromatic rings. The fourth-order valence-electron chi connectivity index (χ4n) is 1.57. The predicted molar refractivity (Wildman–Crippen MR) is 74.3 cm³/mol. The molecule has 2 rings (SSSR count). The zero-order chi connectivity index (χ0) is 13.0. The van der Waals surface area contributed by atoms with Crippen LogP contribution in [0.15, 0.2) is 36.5 Å². The van der Waals surface area contributed by atoms with Crippen LogP contribution in [0, 0.1) is 6.92 Å². The molecule has 3 nitrogen and oxygen atoms in total. The third kappa shape index (κ3) is 3.14. The summed E-state index contributed by atoms with van der Waals surface area (Å²) in [4.78, 5) is 4.33. The lowest BCUT2D eigenvalue weighted by molar-refractivity contribution is 0.415. The number of nitrogens with zero attached hydrogens (tertiary/aromatic N) is 1. The first-order valence-electron chi connectivity index (χ1n) is 5.68. The zero-order valence-corrected chi connectivity index (χ0v) is 11.2. The van der Waals surface area contributed by atoms with Gasteiger partial charge in [-0.3, -0.25) is 4.98 Å². The van der Waals surface area contributed by atoms with Crippen molar-refractivity contribution < 1.29 is 4.74 Å². The molecular weight excluding hydrogens is 248 g/mol. The highest BCUT2D eigenvalue weighted by Crippen LogP contribution is 2.27. The molecule has 0 fully saturated rings. The summed E-state index contributed by atoms with van der Waals surface area (Å²) >= 11 is 5.97. The van der Waals surface area contributed by atoms with Crippen molar-refractivity contribution in [3.8, 4) is 5.75 Å². The van der Waals surface area contributed by atoms with Crippen LogP contribution in [0.25, 0.3) is 0 Å². The minimum absolute atomic E-state index is 0.608. The fraction of sp³-hybridized carbons (Fsp3) is 0.214. The Hall–Kier alpha value is -1.74. The Bertz CT molecular complexity index is 526. The van der Waals surface area contributed by atoms with Crippen molar-refractivity contribution in [2.75, 3.05) is 12.4 Å². The average molecular weight is 263 g/mol. The van der Waals surface area contributed by atoms with Crippen molar-refractivity contribution in [1.82, 2.24) is 4.98 Å². The van der Waals surface area contributed by atoms with Gasteiger partial charge in [0.1, 0.15) is 5.75 Å². The van der Waals surface area contributed by atoms with Gasteiger partial charge in [0.15, 0.2) is 0 Å². The Labute approximate surface area is 112 Å². The van der Waals surface area contributed by atoms with Gasteiger partial charge in [-0.2, -0.15) is 0 Å². The third-order valence-electron chi connectivity index (χ3n) is 2.60. The molecule has 0 saturated carbocycles. The highest BCUT2D eigenvalue weighted by atomic mass is 35.5. The van der Waals surface area contributed by atoms with Crippen molar-refractivity contribution in [3.05, 3.63) is 52.8 Å². The van der Waals surface area contributed by atoms with Gasteiger partial charge < -0.3 is 10.1 Å². The number of rotatable bonds is 4. The highest BCUT2D eigenvalue weighted by molar-refractivity contribution is 6.32. The molecule has 1 aromatic heterocycles. The lowest BCUT2D eigenvalue weighted by atomic mass is 10.2. The Morgan fingerprint density at radius 2 is 2.11 bits per heavy atom. The molecule has 94 valence electrons. The maximum atomic E-state index is 5.97. The molecule has 0 bridgehead atoms. The Morgan fingerprint density at radius 1 is 1.28 bits per heavy atom. The van der Waals surface area contributed by atoms with Crippen LogP contribution in [-0.4, -0.2) is 12.1 Å². The SMILES string of the molecule is COc1cc(NCc2ccc(C)cn2)ccc1Cl. The van der Waals surface area contributed by atoms with E-state index in [9.17, 15) is 0 Å². The van der Waals surface area contributed by atoms with Gasteiger partial charge in [-0.15, -0.1) is 0 Å². The molecule has 4 heteroatoms. The lowest BCUT2D eigenvalue weighted by Crippen LogP contribution is -2.01. The van der Waals surface area contributed by atoms with Gasteiger partial charge >= 0.3 is 0 Å². The summed E-state index contributed by atoms with van der Waals surface area (Å²) in [6, 6.07) is 9.66. The third-order valence-corrected chi connectivity index (χ3v) is 2.91. The number of ether oxygens (including phenoxy) is 1.